The van der Waals surface area contributed by atoms with Gasteiger partial charge in [-0.15, -0.1) is 0 Å². The monoisotopic (exact) mass is 364 g/mol. The van der Waals surface area contributed by atoms with Gasteiger partial charge >= 0.3 is 5.97 Å². The van der Waals surface area contributed by atoms with Gasteiger partial charge in [-0.25, -0.2) is 4.39 Å². The van der Waals surface area contributed by atoms with Gasteiger partial charge in [0, 0.05) is 25.2 Å². The summed E-state index contributed by atoms with van der Waals surface area (Å²) in [5, 5.41) is 2.69. The molecule has 1 saturated heterocycles. The fourth-order valence-electron chi connectivity index (χ4n) is 2.81. The standard InChI is InChI=1S/C19H25FN2O4/c1-3-10-21-17(23)13(2)26-19(25)15-8-11-22(12-9-15)18(24)14-4-6-16(20)7-5-14/h4-7,13,15H,3,8-12H2,1-2H3,(H,21,23)/t13-/m1/s1. The molecular weight excluding hydrogens is 339 g/mol. The molecule has 0 bridgehead atoms. The van der Waals surface area contributed by atoms with Crippen molar-refractivity contribution < 1.29 is 23.5 Å². The second kappa shape index (κ2) is 9.31. The second-order valence-corrected chi connectivity index (χ2v) is 6.44. The Morgan fingerprint density at radius 2 is 1.85 bits per heavy atom. The van der Waals surface area contributed by atoms with Crippen LogP contribution in [0.3, 0.4) is 0 Å². The van der Waals surface area contributed by atoms with Crippen LogP contribution >= 0.6 is 0 Å². The van der Waals surface area contributed by atoms with Crippen molar-refractivity contribution in [2.45, 2.75) is 39.2 Å². The van der Waals surface area contributed by atoms with Crippen molar-refractivity contribution in [3.8, 4) is 0 Å². The molecule has 1 aliphatic heterocycles. The van der Waals surface area contributed by atoms with Gasteiger partial charge in [0.15, 0.2) is 6.10 Å². The maximum Gasteiger partial charge on any atom is 0.309 e. The number of amides is 2. The van der Waals surface area contributed by atoms with Crippen LogP contribution in [0.1, 0.15) is 43.5 Å². The second-order valence-electron chi connectivity index (χ2n) is 6.44. The van der Waals surface area contributed by atoms with Crippen molar-refractivity contribution in [1.29, 1.82) is 0 Å². The summed E-state index contributed by atoms with van der Waals surface area (Å²) >= 11 is 0. The third-order valence-electron chi connectivity index (χ3n) is 4.42. The molecule has 0 radical (unpaired) electrons. The van der Waals surface area contributed by atoms with Gasteiger partial charge in [-0.3, -0.25) is 14.4 Å². The summed E-state index contributed by atoms with van der Waals surface area (Å²) in [4.78, 5) is 38.0. The highest BCUT2D eigenvalue weighted by Crippen LogP contribution is 2.21. The predicted octanol–water partition coefficient (Wildman–Crippen LogP) is 2.14. The first-order chi connectivity index (χ1) is 12.4. The van der Waals surface area contributed by atoms with Crippen molar-refractivity contribution >= 4 is 17.8 Å². The topological polar surface area (TPSA) is 75.7 Å². The van der Waals surface area contributed by atoms with Gasteiger partial charge < -0.3 is 15.0 Å². The lowest BCUT2D eigenvalue weighted by Gasteiger charge is -2.31. The highest BCUT2D eigenvalue weighted by atomic mass is 19.1. The Balaban J connectivity index is 1.81. The van der Waals surface area contributed by atoms with Crippen molar-refractivity contribution in [2.75, 3.05) is 19.6 Å². The number of carbonyl (C=O) groups excluding carboxylic acids is 3. The van der Waals surface area contributed by atoms with Gasteiger partial charge in [-0.1, -0.05) is 6.92 Å². The van der Waals surface area contributed by atoms with Crippen LogP contribution in [0.4, 0.5) is 4.39 Å². The number of nitrogens with one attached hydrogen (secondary N) is 1. The summed E-state index contributed by atoms with van der Waals surface area (Å²) in [5.74, 6) is -1.60. The zero-order valence-electron chi connectivity index (χ0n) is 15.2. The van der Waals surface area contributed by atoms with Crippen LogP contribution in [0.15, 0.2) is 24.3 Å². The molecule has 0 aliphatic carbocycles. The van der Waals surface area contributed by atoms with E-state index >= 15 is 0 Å². The number of likely N-dealkylation sites (tertiary alicyclic amines) is 1. The zero-order valence-corrected chi connectivity index (χ0v) is 15.2. The van der Waals surface area contributed by atoms with E-state index in [1.165, 1.54) is 24.3 Å². The average molecular weight is 364 g/mol. The summed E-state index contributed by atoms with van der Waals surface area (Å²) in [5.41, 5.74) is 0.425. The van der Waals surface area contributed by atoms with Gasteiger partial charge in [-0.2, -0.15) is 0 Å². The van der Waals surface area contributed by atoms with E-state index in [9.17, 15) is 18.8 Å². The first-order valence-electron chi connectivity index (χ1n) is 8.95. The Labute approximate surface area is 152 Å². The minimum Gasteiger partial charge on any atom is -0.452 e. The Bertz CT molecular complexity index is 639. The molecule has 0 spiro atoms. The lowest BCUT2D eigenvalue weighted by atomic mass is 9.96. The van der Waals surface area contributed by atoms with Crippen LogP contribution in [0, 0.1) is 11.7 Å². The minimum atomic E-state index is -0.826. The summed E-state index contributed by atoms with van der Waals surface area (Å²) in [6, 6.07) is 5.41. The van der Waals surface area contributed by atoms with Crippen LogP contribution in [-0.2, 0) is 14.3 Å². The summed E-state index contributed by atoms with van der Waals surface area (Å²) in [6.45, 7) is 4.89. The normalized spacial score (nSPS) is 16.0. The molecule has 2 rings (SSSR count). The number of carbonyl (C=O) groups is 3. The largest absolute Gasteiger partial charge is 0.452 e. The molecule has 26 heavy (non-hydrogen) atoms. The molecule has 0 unspecified atom stereocenters. The van der Waals surface area contributed by atoms with E-state index < -0.39 is 12.1 Å². The molecule has 1 fully saturated rings. The fourth-order valence-corrected chi connectivity index (χ4v) is 2.81. The third-order valence-corrected chi connectivity index (χ3v) is 4.42. The smallest absolute Gasteiger partial charge is 0.309 e. The number of piperidine rings is 1. The number of ether oxygens (including phenoxy) is 1. The highest BCUT2D eigenvalue weighted by molar-refractivity contribution is 5.94. The molecule has 1 aliphatic rings. The Morgan fingerprint density at radius 3 is 2.42 bits per heavy atom. The highest BCUT2D eigenvalue weighted by Gasteiger charge is 2.30. The zero-order chi connectivity index (χ0) is 19.1. The van der Waals surface area contributed by atoms with E-state index in [1.807, 2.05) is 6.92 Å². The number of nitrogens with zero attached hydrogens (tertiary/aromatic N) is 1. The van der Waals surface area contributed by atoms with Crippen molar-refractivity contribution in [3.05, 3.63) is 35.6 Å². The maximum atomic E-state index is 13.0. The van der Waals surface area contributed by atoms with Crippen LogP contribution < -0.4 is 5.32 Å². The molecule has 0 saturated carbocycles. The van der Waals surface area contributed by atoms with Crippen LogP contribution in [-0.4, -0.2) is 48.4 Å². The number of benzene rings is 1. The molecule has 142 valence electrons. The van der Waals surface area contributed by atoms with Crippen LogP contribution in [0.2, 0.25) is 0 Å². The number of hydrogen-bond donors (Lipinski definition) is 1. The lowest BCUT2D eigenvalue weighted by Crippen LogP contribution is -2.42. The fraction of sp³-hybridized carbons (Fsp3) is 0.526. The average Bonchev–Trinajstić information content (AvgIpc) is 2.66. The molecule has 7 heteroatoms. The Morgan fingerprint density at radius 1 is 1.23 bits per heavy atom. The number of rotatable bonds is 6. The molecule has 2 amide bonds. The molecule has 0 aromatic heterocycles. The summed E-state index contributed by atoms with van der Waals surface area (Å²) in [7, 11) is 0. The summed E-state index contributed by atoms with van der Waals surface area (Å²) < 4.78 is 18.2. The van der Waals surface area contributed by atoms with Gasteiger partial charge in [0.25, 0.3) is 11.8 Å². The van der Waals surface area contributed by atoms with E-state index in [-0.39, 0.29) is 23.5 Å². The molecule has 1 heterocycles. The lowest BCUT2D eigenvalue weighted by molar-refractivity contribution is -0.160. The number of halogens is 1. The maximum absolute atomic E-state index is 13.0. The van der Waals surface area contributed by atoms with Gasteiger partial charge in [0.2, 0.25) is 0 Å². The van der Waals surface area contributed by atoms with Crippen molar-refractivity contribution in [1.82, 2.24) is 10.2 Å². The van der Waals surface area contributed by atoms with E-state index in [1.54, 1.807) is 11.8 Å². The van der Waals surface area contributed by atoms with Gasteiger partial charge in [0.1, 0.15) is 5.82 Å². The van der Waals surface area contributed by atoms with Crippen LogP contribution in [0.5, 0.6) is 0 Å². The SMILES string of the molecule is CCCNC(=O)[C@@H](C)OC(=O)C1CCN(C(=O)c2ccc(F)cc2)CC1. The molecule has 1 atom stereocenters. The predicted molar refractivity (Wildman–Crippen MR) is 93.9 cm³/mol. The minimum absolute atomic E-state index is 0.177. The van der Waals surface area contributed by atoms with E-state index in [0.717, 1.165) is 6.42 Å². The van der Waals surface area contributed by atoms with Gasteiger partial charge in [0.05, 0.1) is 5.92 Å². The quantitative estimate of drug-likeness (QED) is 0.785. The molecule has 1 N–H and O–H groups in total. The number of esters is 1. The molecule has 1 aromatic rings. The molecular formula is C19H25FN2O4. The molecule has 6 nitrogen and oxygen atoms in total. The Kier molecular flexibility index (Phi) is 7.12. The van der Waals surface area contributed by atoms with E-state index in [2.05, 4.69) is 5.32 Å². The molecule has 1 aromatic carbocycles. The Hall–Kier alpha value is -2.44. The van der Waals surface area contributed by atoms with Crippen molar-refractivity contribution in [2.24, 2.45) is 5.92 Å². The third kappa shape index (κ3) is 5.28. The first-order valence-corrected chi connectivity index (χ1v) is 8.95. The van der Waals surface area contributed by atoms with E-state index in [4.69, 9.17) is 4.74 Å². The van der Waals surface area contributed by atoms with Crippen molar-refractivity contribution in [3.63, 3.8) is 0 Å². The first kappa shape index (κ1) is 19.9. The van der Waals surface area contributed by atoms with E-state index in [0.29, 0.717) is 38.0 Å². The summed E-state index contributed by atoms with van der Waals surface area (Å²) in [6.07, 6.45) is 0.949. The number of hydrogen-bond acceptors (Lipinski definition) is 4. The van der Waals surface area contributed by atoms with Gasteiger partial charge in [-0.05, 0) is 50.5 Å². The van der Waals surface area contributed by atoms with Crippen LogP contribution in [0.25, 0.3) is 0 Å².